The Morgan fingerprint density at radius 1 is 1.15 bits per heavy atom. The molecule has 5 saturated carbocycles. The molecule has 0 atom stereocenters. The van der Waals surface area contributed by atoms with Gasteiger partial charge in [0.05, 0.1) is 10.5 Å². The van der Waals surface area contributed by atoms with Gasteiger partial charge in [-0.15, -0.1) is 0 Å². The molecule has 0 unspecified atom stereocenters. The first-order valence-corrected chi connectivity index (χ1v) is 10.1. The van der Waals surface area contributed by atoms with Crippen molar-refractivity contribution < 1.29 is 9.72 Å². The first kappa shape index (κ1) is 16.3. The molecule has 0 radical (unpaired) electrons. The topological polar surface area (TPSA) is 90.1 Å². The fourth-order valence-electron chi connectivity index (χ4n) is 6.57. The minimum Gasteiger partial charge on any atom is -0.348 e. The number of rotatable bonds is 4. The third kappa shape index (κ3) is 2.55. The summed E-state index contributed by atoms with van der Waals surface area (Å²) in [7, 11) is 0. The van der Waals surface area contributed by atoms with Gasteiger partial charge in [0.15, 0.2) is 0 Å². The Kier molecular flexibility index (Phi) is 3.62. The van der Waals surface area contributed by atoms with Crippen molar-refractivity contribution in [3.8, 4) is 0 Å². The van der Waals surface area contributed by atoms with Crippen molar-refractivity contribution in [2.75, 3.05) is 0 Å². The third-order valence-electron chi connectivity index (χ3n) is 7.29. The highest BCUT2D eigenvalue weighted by Crippen LogP contribution is 2.58. The highest BCUT2D eigenvalue weighted by molar-refractivity contribution is 5.96. The summed E-state index contributed by atoms with van der Waals surface area (Å²) in [5.41, 5.74) is -0.250. The molecule has 1 N–H and O–H groups in total. The lowest BCUT2D eigenvalue weighted by Crippen LogP contribution is -2.52. The SMILES string of the molecule is O=C(NC1CCCC1)c1nn(C23CC4CC(CC(C4)C2)C3)cc1[N+](=O)[O-]. The van der Waals surface area contributed by atoms with E-state index in [1.54, 1.807) is 0 Å². The van der Waals surface area contributed by atoms with E-state index >= 15 is 0 Å². The molecule has 1 heterocycles. The van der Waals surface area contributed by atoms with Gasteiger partial charge in [-0.2, -0.15) is 5.10 Å². The Morgan fingerprint density at radius 2 is 1.73 bits per heavy atom. The van der Waals surface area contributed by atoms with Crippen molar-refractivity contribution in [1.82, 2.24) is 15.1 Å². The molecule has 5 aliphatic carbocycles. The van der Waals surface area contributed by atoms with Gasteiger partial charge in [0.25, 0.3) is 5.91 Å². The summed E-state index contributed by atoms with van der Waals surface area (Å²) < 4.78 is 1.82. The normalized spacial score (nSPS) is 35.8. The predicted octanol–water partition coefficient (Wildman–Crippen LogP) is 3.39. The maximum atomic E-state index is 12.7. The third-order valence-corrected chi connectivity index (χ3v) is 7.29. The summed E-state index contributed by atoms with van der Waals surface area (Å²) in [6.45, 7) is 0. The van der Waals surface area contributed by atoms with Gasteiger partial charge in [0, 0.05) is 6.04 Å². The molecule has 6 rings (SSSR count). The first-order valence-electron chi connectivity index (χ1n) is 10.1. The number of aromatic nitrogens is 2. The van der Waals surface area contributed by atoms with Crippen LogP contribution in [0.4, 0.5) is 5.69 Å². The monoisotopic (exact) mass is 358 g/mol. The molecule has 0 aliphatic heterocycles. The van der Waals surface area contributed by atoms with E-state index in [0.29, 0.717) is 0 Å². The molecule has 0 saturated heterocycles. The van der Waals surface area contributed by atoms with Gasteiger partial charge < -0.3 is 5.32 Å². The van der Waals surface area contributed by atoms with Gasteiger partial charge in [0.1, 0.15) is 6.20 Å². The number of hydrogen-bond acceptors (Lipinski definition) is 4. The smallest absolute Gasteiger partial charge is 0.320 e. The van der Waals surface area contributed by atoms with Crippen LogP contribution in [0.25, 0.3) is 0 Å². The summed E-state index contributed by atoms with van der Waals surface area (Å²) in [6.07, 6.45) is 12.7. The van der Waals surface area contributed by atoms with Gasteiger partial charge in [0.2, 0.25) is 5.69 Å². The lowest BCUT2D eigenvalue weighted by molar-refractivity contribution is -0.385. The zero-order valence-electron chi connectivity index (χ0n) is 15.0. The molecular weight excluding hydrogens is 332 g/mol. The van der Waals surface area contributed by atoms with Gasteiger partial charge in [-0.1, -0.05) is 12.8 Å². The molecule has 4 bridgehead atoms. The van der Waals surface area contributed by atoms with Crippen LogP contribution in [0.1, 0.15) is 74.7 Å². The van der Waals surface area contributed by atoms with E-state index in [4.69, 9.17) is 0 Å². The van der Waals surface area contributed by atoms with Crippen LogP contribution in [0.15, 0.2) is 6.20 Å². The number of carbonyl (C=O) groups excluding carboxylic acids is 1. The number of hydrogen-bond donors (Lipinski definition) is 1. The molecule has 0 aromatic carbocycles. The van der Waals surface area contributed by atoms with Gasteiger partial charge in [-0.25, -0.2) is 0 Å². The van der Waals surface area contributed by atoms with Gasteiger partial charge in [-0.05, 0) is 69.1 Å². The molecule has 1 aromatic heterocycles. The van der Waals surface area contributed by atoms with Crippen molar-refractivity contribution >= 4 is 11.6 Å². The van der Waals surface area contributed by atoms with Crippen LogP contribution in [0, 0.1) is 27.9 Å². The summed E-state index contributed by atoms with van der Waals surface area (Å²) in [5.74, 6) is 1.79. The van der Waals surface area contributed by atoms with Crippen molar-refractivity contribution in [1.29, 1.82) is 0 Å². The van der Waals surface area contributed by atoms with Crippen LogP contribution in [-0.2, 0) is 5.54 Å². The number of nitrogens with one attached hydrogen (secondary N) is 1. The van der Waals surface area contributed by atoms with E-state index in [1.807, 2.05) is 4.68 Å². The predicted molar refractivity (Wildman–Crippen MR) is 94.7 cm³/mol. The van der Waals surface area contributed by atoms with E-state index in [0.717, 1.165) is 62.7 Å². The summed E-state index contributed by atoms with van der Waals surface area (Å²) in [5, 5.41) is 19.1. The quantitative estimate of drug-likeness (QED) is 0.660. The fourth-order valence-corrected chi connectivity index (χ4v) is 6.57. The summed E-state index contributed by atoms with van der Waals surface area (Å²) in [4.78, 5) is 23.8. The highest BCUT2D eigenvalue weighted by atomic mass is 16.6. The summed E-state index contributed by atoms with van der Waals surface area (Å²) in [6, 6.07) is 0.131. The number of nitro groups is 1. The van der Waals surface area contributed by atoms with Crippen LogP contribution < -0.4 is 5.32 Å². The second-order valence-corrected chi connectivity index (χ2v) is 9.16. The molecule has 5 aliphatic rings. The van der Waals surface area contributed by atoms with Crippen LogP contribution in [0.5, 0.6) is 0 Å². The molecule has 0 spiro atoms. The Bertz CT molecular complexity index is 715. The zero-order chi connectivity index (χ0) is 17.9. The molecule has 7 heteroatoms. The van der Waals surface area contributed by atoms with Crippen LogP contribution in [0.2, 0.25) is 0 Å². The Hall–Kier alpha value is -1.92. The van der Waals surface area contributed by atoms with Crippen molar-refractivity contribution in [3.05, 3.63) is 22.0 Å². The minimum absolute atomic E-state index is 0.00218. The average molecular weight is 358 g/mol. The lowest BCUT2D eigenvalue weighted by atomic mass is 9.53. The molecule has 5 fully saturated rings. The molecule has 7 nitrogen and oxygen atoms in total. The molecule has 1 amide bonds. The van der Waals surface area contributed by atoms with E-state index in [2.05, 4.69) is 10.4 Å². The van der Waals surface area contributed by atoms with Crippen molar-refractivity contribution in [2.45, 2.75) is 75.8 Å². The lowest BCUT2D eigenvalue weighted by Gasteiger charge is -2.56. The van der Waals surface area contributed by atoms with Crippen molar-refractivity contribution in [2.24, 2.45) is 17.8 Å². The zero-order valence-corrected chi connectivity index (χ0v) is 15.0. The molecular formula is C19H26N4O3. The molecule has 26 heavy (non-hydrogen) atoms. The summed E-state index contributed by atoms with van der Waals surface area (Å²) >= 11 is 0. The first-order chi connectivity index (χ1) is 12.5. The number of amides is 1. The molecule has 140 valence electrons. The van der Waals surface area contributed by atoms with E-state index < -0.39 is 4.92 Å². The van der Waals surface area contributed by atoms with E-state index in [-0.39, 0.29) is 28.9 Å². The largest absolute Gasteiger partial charge is 0.348 e. The van der Waals surface area contributed by atoms with Crippen LogP contribution in [-0.4, -0.2) is 26.7 Å². The van der Waals surface area contributed by atoms with Gasteiger partial charge >= 0.3 is 5.69 Å². The van der Waals surface area contributed by atoms with Crippen LogP contribution >= 0.6 is 0 Å². The van der Waals surface area contributed by atoms with E-state index in [9.17, 15) is 14.9 Å². The molecule has 1 aromatic rings. The number of nitrogens with zero attached hydrogens (tertiary/aromatic N) is 3. The van der Waals surface area contributed by atoms with E-state index in [1.165, 1.54) is 25.5 Å². The second-order valence-electron chi connectivity index (χ2n) is 9.16. The Morgan fingerprint density at radius 3 is 2.27 bits per heavy atom. The number of carbonyl (C=O) groups is 1. The van der Waals surface area contributed by atoms with Crippen molar-refractivity contribution in [3.63, 3.8) is 0 Å². The second kappa shape index (κ2) is 5.79. The minimum atomic E-state index is -0.451. The Labute approximate surface area is 152 Å². The van der Waals surface area contributed by atoms with Gasteiger partial charge in [-0.3, -0.25) is 19.6 Å². The maximum Gasteiger partial charge on any atom is 0.320 e. The standard InChI is InChI=1S/C19H26N4O3/c24-18(20-15-3-1-2-4-15)17-16(23(25)26)11-22(21-17)19-8-12-5-13(9-19)7-14(6-12)10-19/h11-15H,1-10H2,(H,20,24). The highest BCUT2D eigenvalue weighted by Gasteiger charge is 2.53. The Balaban J connectivity index is 1.47. The maximum absolute atomic E-state index is 12.7. The van der Waals surface area contributed by atoms with Crippen LogP contribution in [0.3, 0.4) is 0 Å². The fraction of sp³-hybridized carbons (Fsp3) is 0.789. The average Bonchev–Trinajstić information content (AvgIpc) is 3.23.